The molecular weight excluding hydrogens is 136 g/mol. The monoisotopic (exact) mass is 144 g/mol. The molecule has 6 nitrogen and oxygen atoms in total. The topological polar surface area (TPSA) is 96.2 Å². The summed E-state index contributed by atoms with van der Waals surface area (Å²) in [4.78, 5) is 21.1. The minimum absolute atomic E-state index is 0.169. The first-order valence-corrected chi connectivity index (χ1v) is 2.79. The maximum Gasteiger partial charge on any atom is 0.322 e. The summed E-state index contributed by atoms with van der Waals surface area (Å²) >= 11 is 0. The molecule has 1 aliphatic heterocycles. The summed E-state index contributed by atoms with van der Waals surface area (Å²) in [5.41, 5.74) is 2.27. The third-order valence-electron chi connectivity index (χ3n) is 1.15. The van der Waals surface area contributed by atoms with Crippen molar-refractivity contribution in [3.63, 3.8) is 0 Å². The molecule has 1 heterocycles. The van der Waals surface area contributed by atoms with Crippen molar-refractivity contribution in [1.82, 2.24) is 16.1 Å². The molecule has 1 unspecified atom stereocenters. The van der Waals surface area contributed by atoms with E-state index in [1.165, 1.54) is 0 Å². The van der Waals surface area contributed by atoms with E-state index < -0.39 is 12.2 Å². The molecular formula is C4H8N4O2. The summed E-state index contributed by atoms with van der Waals surface area (Å²) in [5, 5.41) is 4.45. The lowest BCUT2D eigenvalue weighted by molar-refractivity contribution is -0.121. The molecule has 6 heteroatoms. The van der Waals surface area contributed by atoms with E-state index in [2.05, 4.69) is 16.1 Å². The Bertz CT molecular complexity index is 153. The fourth-order valence-corrected chi connectivity index (χ4v) is 0.709. The van der Waals surface area contributed by atoms with Crippen LogP contribution in [0.2, 0.25) is 0 Å². The molecule has 10 heavy (non-hydrogen) atoms. The Kier molecular flexibility index (Phi) is 1.83. The molecule has 5 N–H and O–H groups in total. The van der Waals surface area contributed by atoms with Crippen LogP contribution in [0, 0.1) is 0 Å². The Morgan fingerprint density at radius 2 is 2.30 bits per heavy atom. The van der Waals surface area contributed by atoms with Gasteiger partial charge in [-0.2, -0.15) is 0 Å². The fraction of sp³-hybridized carbons (Fsp3) is 0.500. The van der Waals surface area contributed by atoms with E-state index >= 15 is 0 Å². The summed E-state index contributed by atoms with van der Waals surface area (Å²) in [6.45, 7) is 0. The van der Waals surface area contributed by atoms with Gasteiger partial charge in [0.25, 0.3) is 0 Å². The second kappa shape index (κ2) is 2.63. The molecule has 0 bridgehead atoms. The zero-order valence-corrected chi connectivity index (χ0v) is 5.18. The molecule has 0 aliphatic carbocycles. The number of imide groups is 1. The molecule has 1 saturated heterocycles. The van der Waals surface area contributed by atoms with Crippen LogP contribution in [-0.4, -0.2) is 18.1 Å². The van der Waals surface area contributed by atoms with E-state index in [1.807, 2.05) is 0 Å². The van der Waals surface area contributed by atoms with Crippen molar-refractivity contribution < 1.29 is 9.59 Å². The van der Waals surface area contributed by atoms with Crippen LogP contribution in [0.5, 0.6) is 0 Å². The number of carbonyl (C=O) groups is 2. The van der Waals surface area contributed by atoms with Crippen LogP contribution in [0.1, 0.15) is 6.42 Å². The second-order valence-electron chi connectivity index (χ2n) is 1.95. The highest BCUT2D eigenvalue weighted by Crippen LogP contribution is 1.91. The molecule has 1 aliphatic rings. The molecule has 3 amide bonds. The number of amides is 3. The number of nitrogens with two attached hydrogens (primary N) is 1. The smallest absolute Gasteiger partial charge is 0.321 e. The van der Waals surface area contributed by atoms with Gasteiger partial charge in [0.05, 0.1) is 6.42 Å². The molecule has 1 fully saturated rings. The van der Waals surface area contributed by atoms with Crippen molar-refractivity contribution in [1.29, 1.82) is 0 Å². The summed E-state index contributed by atoms with van der Waals surface area (Å²) in [7, 11) is 0. The van der Waals surface area contributed by atoms with Crippen LogP contribution in [0.4, 0.5) is 4.79 Å². The third-order valence-corrected chi connectivity index (χ3v) is 1.15. The lowest BCUT2D eigenvalue weighted by atomic mass is 10.3. The zero-order chi connectivity index (χ0) is 7.56. The molecule has 0 aromatic rings. The van der Waals surface area contributed by atoms with Crippen molar-refractivity contribution in [2.45, 2.75) is 12.6 Å². The van der Waals surface area contributed by atoms with Crippen LogP contribution in [0.3, 0.4) is 0 Å². The molecule has 0 radical (unpaired) electrons. The molecule has 56 valence electrons. The quantitative estimate of drug-likeness (QED) is 0.253. The number of hydrogen-bond acceptors (Lipinski definition) is 4. The largest absolute Gasteiger partial charge is 0.322 e. The van der Waals surface area contributed by atoms with Crippen molar-refractivity contribution >= 4 is 11.9 Å². The lowest BCUT2D eigenvalue weighted by Crippen LogP contribution is -2.59. The van der Waals surface area contributed by atoms with Crippen molar-refractivity contribution in [2.24, 2.45) is 5.84 Å². The van der Waals surface area contributed by atoms with Gasteiger partial charge in [-0.3, -0.25) is 16.0 Å². The molecule has 1 rings (SSSR count). The van der Waals surface area contributed by atoms with Gasteiger partial charge in [-0.15, -0.1) is 0 Å². The minimum atomic E-state index is -0.515. The summed E-state index contributed by atoms with van der Waals surface area (Å²) in [6, 6.07) is -0.515. The molecule has 0 saturated carbocycles. The average molecular weight is 144 g/mol. The van der Waals surface area contributed by atoms with Gasteiger partial charge in [-0.1, -0.05) is 0 Å². The Hall–Kier alpha value is -1.14. The Labute approximate surface area is 57.1 Å². The normalized spacial score (nSPS) is 25.5. The second-order valence-corrected chi connectivity index (χ2v) is 1.95. The minimum Gasteiger partial charge on any atom is -0.321 e. The molecule has 0 aromatic heterocycles. The molecule has 0 spiro atoms. The van der Waals surface area contributed by atoms with Crippen molar-refractivity contribution in [3.8, 4) is 0 Å². The summed E-state index contributed by atoms with van der Waals surface area (Å²) in [5.74, 6) is 4.66. The predicted molar refractivity (Wildman–Crippen MR) is 32.4 cm³/mol. The van der Waals surface area contributed by atoms with Crippen LogP contribution in [0.15, 0.2) is 0 Å². The van der Waals surface area contributed by atoms with Gasteiger partial charge in [-0.25, -0.2) is 10.2 Å². The van der Waals surface area contributed by atoms with Gasteiger partial charge < -0.3 is 5.32 Å². The Morgan fingerprint density at radius 1 is 1.60 bits per heavy atom. The van der Waals surface area contributed by atoms with E-state index in [4.69, 9.17) is 5.84 Å². The van der Waals surface area contributed by atoms with E-state index in [-0.39, 0.29) is 12.3 Å². The number of rotatable bonds is 1. The molecule has 1 atom stereocenters. The van der Waals surface area contributed by atoms with Gasteiger partial charge in [0.1, 0.15) is 6.17 Å². The predicted octanol–water partition coefficient (Wildman–Crippen LogP) is -1.99. The number of hydrazine groups is 1. The van der Waals surface area contributed by atoms with E-state index in [0.717, 1.165) is 0 Å². The number of hydrogen-bond donors (Lipinski definition) is 4. The zero-order valence-electron chi connectivity index (χ0n) is 5.18. The average Bonchev–Trinajstić information content (AvgIpc) is 1.85. The molecule has 0 aromatic carbocycles. The maximum absolute atomic E-state index is 10.6. The van der Waals surface area contributed by atoms with Crippen LogP contribution >= 0.6 is 0 Å². The first-order chi connectivity index (χ1) is 4.72. The first-order valence-electron chi connectivity index (χ1n) is 2.79. The number of nitrogens with one attached hydrogen (secondary N) is 3. The van der Waals surface area contributed by atoms with E-state index in [1.54, 1.807) is 0 Å². The van der Waals surface area contributed by atoms with Gasteiger partial charge in [-0.05, 0) is 0 Å². The lowest BCUT2D eigenvalue weighted by Gasteiger charge is -2.21. The Balaban J connectivity index is 2.50. The van der Waals surface area contributed by atoms with Gasteiger partial charge in [0, 0.05) is 0 Å². The van der Waals surface area contributed by atoms with E-state index in [9.17, 15) is 9.59 Å². The summed E-state index contributed by atoms with van der Waals surface area (Å²) in [6.07, 6.45) is -0.274. The highest BCUT2D eigenvalue weighted by molar-refractivity contribution is 5.97. The number of urea groups is 1. The highest BCUT2D eigenvalue weighted by Gasteiger charge is 2.21. The van der Waals surface area contributed by atoms with Crippen molar-refractivity contribution in [2.75, 3.05) is 0 Å². The van der Waals surface area contributed by atoms with Crippen LogP contribution < -0.4 is 21.9 Å². The van der Waals surface area contributed by atoms with E-state index in [0.29, 0.717) is 0 Å². The fourth-order valence-electron chi connectivity index (χ4n) is 0.709. The van der Waals surface area contributed by atoms with Crippen LogP contribution in [-0.2, 0) is 4.79 Å². The highest BCUT2D eigenvalue weighted by atomic mass is 16.2. The van der Waals surface area contributed by atoms with Gasteiger partial charge in [0.15, 0.2) is 0 Å². The Morgan fingerprint density at radius 3 is 2.80 bits per heavy atom. The number of carbonyl (C=O) groups excluding carboxylic acids is 2. The third kappa shape index (κ3) is 1.42. The first kappa shape index (κ1) is 6.97. The SMILES string of the molecule is NNC1CC(=O)NC(=O)N1. The summed E-state index contributed by atoms with van der Waals surface area (Å²) < 4.78 is 0. The van der Waals surface area contributed by atoms with Crippen LogP contribution in [0.25, 0.3) is 0 Å². The van der Waals surface area contributed by atoms with Gasteiger partial charge >= 0.3 is 6.03 Å². The van der Waals surface area contributed by atoms with Gasteiger partial charge in [0.2, 0.25) is 5.91 Å². The van der Waals surface area contributed by atoms with Crippen molar-refractivity contribution in [3.05, 3.63) is 0 Å². The standard InChI is InChI=1S/C4H8N4O2/c5-8-2-1-3(9)7-4(10)6-2/h2,8H,1,5H2,(H2,6,7,9,10). The maximum atomic E-state index is 10.6.